The summed E-state index contributed by atoms with van der Waals surface area (Å²) >= 11 is 1.57. The molecule has 5 heteroatoms. The van der Waals surface area contributed by atoms with Gasteiger partial charge < -0.3 is 10.6 Å². The molecule has 3 aromatic rings. The number of rotatable bonds is 5. The summed E-state index contributed by atoms with van der Waals surface area (Å²) in [4.78, 5) is 26.8. The van der Waals surface area contributed by atoms with Gasteiger partial charge in [0.15, 0.2) is 0 Å². The highest BCUT2D eigenvalue weighted by molar-refractivity contribution is 7.99. The smallest absolute Gasteiger partial charge is 0.251 e. The molecule has 0 fully saturated rings. The number of hydrogen-bond acceptors (Lipinski definition) is 3. The van der Waals surface area contributed by atoms with Gasteiger partial charge in [0, 0.05) is 22.3 Å². The monoisotopic (exact) mass is 430 g/mol. The minimum absolute atomic E-state index is 0.0169. The van der Waals surface area contributed by atoms with Crippen LogP contribution in [0.1, 0.15) is 52.9 Å². The number of nitrogens with one attached hydrogen (secondary N) is 2. The molecular formula is C26H26N2O2S. The quantitative estimate of drug-likeness (QED) is 0.529. The molecule has 1 aliphatic carbocycles. The Bertz CT molecular complexity index is 1110. The number of fused-ring (bicyclic) bond motifs is 1. The van der Waals surface area contributed by atoms with Crippen LogP contribution in [0.3, 0.4) is 0 Å². The van der Waals surface area contributed by atoms with E-state index in [1.807, 2.05) is 24.3 Å². The number of carbonyl (C=O) groups excluding carboxylic acids is 2. The average molecular weight is 431 g/mol. The maximum absolute atomic E-state index is 13.0. The molecule has 2 N–H and O–H groups in total. The summed E-state index contributed by atoms with van der Waals surface area (Å²) in [6.45, 7) is 3.53. The maximum Gasteiger partial charge on any atom is 0.251 e. The fraction of sp³-hybridized carbons (Fsp3) is 0.231. The Labute approximate surface area is 187 Å². The van der Waals surface area contributed by atoms with Crippen LogP contribution in [0.4, 0.5) is 5.69 Å². The third kappa shape index (κ3) is 5.17. The molecule has 0 heterocycles. The second-order valence-corrected chi connectivity index (χ2v) is 9.04. The molecule has 0 radical (unpaired) electrons. The molecule has 0 unspecified atom stereocenters. The summed E-state index contributed by atoms with van der Waals surface area (Å²) in [6, 6.07) is 22.0. The maximum atomic E-state index is 13.0. The van der Waals surface area contributed by atoms with Gasteiger partial charge in [0.25, 0.3) is 5.91 Å². The van der Waals surface area contributed by atoms with E-state index in [0.29, 0.717) is 11.3 Å². The number of hydrogen-bond donors (Lipinski definition) is 2. The number of amides is 2. The second-order valence-electron chi connectivity index (χ2n) is 7.92. The molecule has 1 atom stereocenters. The van der Waals surface area contributed by atoms with Gasteiger partial charge in [-0.3, -0.25) is 9.59 Å². The van der Waals surface area contributed by atoms with Crippen molar-refractivity contribution in [1.82, 2.24) is 5.32 Å². The highest BCUT2D eigenvalue weighted by Gasteiger charge is 2.22. The molecule has 0 saturated heterocycles. The average Bonchev–Trinajstić information content (AvgIpc) is 2.76. The van der Waals surface area contributed by atoms with E-state index in [2.05, 4.69) is 54.0 Å². The Balaban J connectivity index is 1.56. The number of carbonyl (C=O) groups is 2. The Morgan fingerprint density at radius 1 is 1.00 bits per heavy atom. The third-order valence-corrected chi connectivity index (χ3v) is 6.56. The Morgan fingerprint density at radius 3 is 2.55 bits per heavy atom. The van der Waals surface area contributed by atoms with Crippen LogP contribution in [0.15, 0.2) is 76.5 Å². The van der Waals surface area contributed by atoms with Gasteiger partial charge in [0.1, 0.15) is 0 Å². The van der Waals surface area contributed by atoms with Crippen molar-refractivity contribution in [2.75, 3.05) is 5.32 Å². The standard InChI is InChI=1S/C26H26N2O2S/c1-17-10-13-21(14-11-17)31-25-15-12-20(16-24(25)27-18(2)29)26(30)28-23-9-5-7-19-6-3-4-8-22(19)23/h3-4,6,8,10-16,23H,5,7,9H2,1-2H3,(H,27,29)(H,28,30)/t23-/m1/s1. The molecule has 0 bridgehead atoms. The summed E-state index contributed by atoms with van der Waals surface area (Å²) in [5, 5.41) is 6.07. The van der Waals surface area contributed by atoms with E-state index in [4.69, 9.17) is 0 Å². The molecule has 2 amide bonds. The molecule has 158 valence electrons. The van der Waals surface area contributed by atoms with E-state index < -0.39 is 0 Å². The summed E-state index contributed by atoms with van der Waals surface area (Å²) in [6.07, 6.45) is 3.05. The molecule has 4 rings (SSSR count). The van der Waals surface area contributed by atoms with Crippen LogP contribution in [-0.4, -0.2) is 11.8 Å². The third-order valence-electron chi connectivity index (χ3n) is 5.48. The van der Waals surface area contributed by atoms with E-state index in [1.54, 1.807) is 17.8 Å². The predicted molar refractivity (Wildman–Crippen MR) is 126 cm³/mol. The molecule has 0 aromatic heterocycles. The van der Waals surface area contributed by atoms with E-state index in [1.165, 1.54) is 23.6 Å². The predicted octanol–water partition coefficient (Wildman–Crippen LogP) is 5.91. The van der Waals surface area contributed by atoms with Crippen LogP contribution in [0.2, 0.25) is 0 Å². The number of aryl methyl sites for hydroxylation is 2. The summed E-state index contributed by atoms with van der Waals surface area (Å²) in [5.41, 5.74) is 4.90. The second kappa shape index (κ2) is 9.40. The van der Waals surface area contributed by atoms with Crippen molar-refractivity contribution in [2.45, 2.75) is 48.9 Å². The fourth-order valence-corrected chi connectivity index (χ4v) is 4.81. The summed E-state index contributed by atoms with van der Waals surface area (Å²) in [5.74, 6) is -0.287. The van der Waals surface area contributed by atoms with Crippen molar-refractivity contribution in [1.29, 1.82) is 0 Å². The highest BCUT2D eigenvalue weighted by atomic mass is 32.2. The molecular weight excluding hydrogens is 404 g/mol. The van der Waals surface area contributed by atoms with Gasteiger partial charge in [-0.25, -0.2) is 0 Å². The van der Waals surface area contributed by atoms with Crippen molar-refractivity contribution >= 4 is 29.3 Å². The minimum Gasteiger partial charge on any atom is -0.345 e. The Kier molecular flexibility index (Phi) is 6.42. The molecule has 0 aliphatic heterocycles. The molecule has 3 aromatic carbocycles. The van der Waals surface area contributed by atoms with Gasteiger partial charge in [0.2, 0.25) is 5.91 Å². The highest BCUT2D eigenvalue weighted by Crippen LogP contribution is 2.35. The van der Waals surface area contributed by atoms with Crippen LogP contribution in [0.5, 0.6) is 0 Å². The van der Waals surface area contributed by atoms with Crippen LogP contribution < -0.4 is 10.6 Å². The normalized spacial score (nSPS) is 15.1. The zero-order valence-corrected chi connectivity index (χ0v) is 18.6. The molecule has 4 nitrogen and oxygen atoms in total. The number of benzene rings is 3. The first-order valence-electron chi connectivity index (χ1n) is 10.5. The first kappa shape index (κ1) is 21.2. The SMILES string of the molecule is CC(=O)Nc1cc(C(=O)N[C@@H]2CCCc3ccccc32)ccc1Sc1ccc(C)cc1. The van der Waals surface area contributed by atoms with Crippen LogP contribution in [0.25, 0.3) is 0 Å². The van der Waals surface area contributed by atoms with Gasteiger partial charge in [-0.2, -0.15) is 0 Å². The zero-order valence-electron chi connectivity index (χ0n) is 17.8. The Hall–Kier alpha value is -3.05. The molecule has 0 saturated carbocycles. The first-order valence-corrected chi connectivity index (χ1v) is 11.4. The van der Waals surface area contributed by atoms with Crippen LogP contribution in [0, 0.1) is 6.92 Å². The van der Waals surface area contributed by atoms with E-state index >= 15 is 0 Å². The number of anilines is 1. The topological polar surface area (TPSA) is 58.2 Å². The lowest BCUT2D eigenvalue weighted by Crippen LogP contribution is -2.31. The van der Waals surface area contributed by atoms with Crippen molar-refractivity contribution in [3.05, 3.63) is 89.0 Å². The first-order chi connectivity index (χ1) is 15.0. The minimum atomic E-state index is -0.162. The fourth-order valence-electron chi connectivity index (χ4n) is 3.93. The van der Waals surface area contributed by atoms with Crippen molar-refractivity contribution in [3.63, 3.8) is 0 Å². The molecule has 0 spiro atoms. The molecule has 1 aliphatic rings. The lowest BCUT2D eigenvalue weighted by atomic mass is 9.87. The van der Waals surface area contributed by atoms with Gasteiger partial charge in [0.05, 0.1) is 11.7 Å². The lowest BCUT2D eigenvalue weighted by molar-refractivity contribution is -0.114. The molecule has 31 heavy (non-hydrogen) atoms. The largest absolute Gasteiger partial charge is 0.345 e. The van der Waals surface area contributed by atoms with Crippen LogP contribution >= 0.6 is 11.8 Å². The van der Waals surface area contributed by atoms with E-state index in [9.17, 15) is 9.59 Å². The van der Waals surface area contributed by atoms with Gasteiger partial charge in [-0.15, -0.1) is 0 Å². The Morgan fingerprint density at radius 2 is 1.77 bits per heavy atom. The zero-order chi connectivity index (χ0) is 21.8. The van der Waals surface area contributed by atoms with Gasteiger partial charge in [-0.05, 0) is 67.6 Å². The van der Waals surface area contributed by atoms with E-state index in [-0.39, 0.29) is 17.9 Å². The van der Waals surface area contributed by atoms with Crippen LogP contribution in [-0.2, 0) is 11.2 Å². The van der Waals surface area contributed by atoms with Gasteiger partial charge >= 0.3 is 0 Å². The van der Waals surface area contributed by atoms with E-state index in [0.717, 1.165) is 29.1 Å². The van der Waals surface area contributed by atoms with Crippen molar-refractivity contribution in [3.8, 4) is 0 Å². The lowest BCUT2D eigenvalue weighted by Gasteiger charge is -2.26. The summed E-state index contributed by atoms with van der Waals surface area (Å²) in [7, 11) is 0. The summed E-state index contributed by atoms with van der Waals surface area (Å²) < 4.78 is 0. The van der Waals surface area contributed by atoms with Crippen molar-refractivity contribution in [2.24, 2.45) is 0 Å². The van der Waals surface area contributed by atoms with Crippen molar-refractivity contribution < 1.29 is 9.59 Å². The van der Waals surface area contributed by atoms with Gasteiger partial charge in [-0.1, -0.05) is 53.7 Å².